The standard InChI is InChI=1S/C14H12N3/c1-2-6-13(7-3-1)16-10-11-17(12-16)14-8-4-5-9-15-14/h1-12H/q+1. The summed E-state index contributed by atoms with van der Waals surface area (Å²) in [5, 5.41) is 0. The largest absolute Gasteiger partial charge is 0.266 e. The lowest BCUT2D eigenvalue weighted by atomic mass is 10.3. The number of hydrogen-bond acceptors (Lipinski definition) is 1. The van der Waals surface area contributed by atoms with Crippen molar-refractivity contribution in [2.75, 3.05) is 0 Å². The SMILES string of the molecule is c1ccc(-n2cc[n+](-c3ccccn3)c2)cc1. The van der Waals surface area contributed by atoms with Crippen LogP contribution in [-0.4, -0.2) is 9.55 Å². The maximum atomic E-state index is 4.31. The van der Waals surface area contributed by atoms with Crippen LogP contribution in [0.15, 0.2) is 73.4 Å². The summed E-state index contributed by atoms with van der Waals surface area (Å²) in [4.78, 5) is 4.31. The fourth-order valence-electron chi connectivity index (χ4n) is 1.75. The molecule has 2 heterocycles. The first kappa shape index (κ1) is 9.78. The van der Waals surface area contributed by atoms with E-state index in [1.54, 1.807) is 6.20 Å². The lowest BCUT2D eigenvalue weighted by Gasteiger charge is -1.95. The highest BCUT2D eigenvalue weighted by molar-refractivity contribution is 5.30. The molecule has 0 spiro atoms. The Kier molecular flexibility index (Phi) is 2.43. The molecule has 0 aliphatic heterocycles. The molecule has 0 aliphatic rings. The van der Waals surface area contributed by atoms with Crippen molar-refractivity contribution >= 4 is 0 Å². The molecule has 3 heteroatoms. The van der Waals surface area contributed by atoms with Gasteiger partial charge in [-0.05, 0) is 18.2 Å². The Hall–Kier alpha value is -2.42. The molecule has 0 bridgehead atoms. The number of imidazole rings is 1. The van der Waals surface area contributed by atoms with E-state index in [0.717, 1.165) is 11.5 Å². The maximum Gasteiger partial charge on any atom is 0.266 e. The summed E-state index contributed by atoms with van der Waals surface area (Å²) in [5.74, 6) is 0.919. The van der Waals surface area contributed by atoms with Crippen LogP contribution in [0.4, 0.5) is 0 Å². The monoisotopic (exact) mass is 222 g/mol. The summed E-state index contributed by atoms with van der Waals surface area (Å²) in [6, 6.07) is 16.1. The topological polar surface area (TPSA) is 21.7 Å². The summed E-state index contributed by atoms with van der Waals surface area (Å²) in [7, 11) is 0. The predicted molar refractivity (Wildman–Crippen MR) is 65.1 cm³/mol. The number of aromatic nitrogens is 3. The lowest BCUT2D eigenvalue weighted by molar-refractivity contribution is -0.598. The molecule has 0 aliphatic carbocycles. The minimum Gasteiger partial charge on any atom is -0.236 e. The summed E-state index contributed by atoms with van der Waals surface area (Å²) >= 11 is 0. The van der Waals surface area contributed by atoms with E-state index in [2.05, 4.69) is 21.7 Å². The van der Waals surface area contributed by atoms with Crippen LogP contribution in [0.3, 0.4) is 0 Å². The Bertz CT molecular complexity index is 546. The van der Waals surface area contributed by atoms with Gasteiger partial charge in [0, 0.05) is 6.07 Å². The van der Waals surface area contributed by atoms with Crippen molar-refractivity contribution in [1.82, 2.24) is 9.55 Å². The molecule has 0 fully saturated rings. The van der Waals surface area contributed by atoms with E-state index in [1.807, 2.05) is 59.7 Å². The average molecular weight is 222 g/mol. The quantitative estimate of drug-likeness (QED) is 0.609. The molecule has 2 aromatic heterocycles. The molecule has 0 saturated carbocycles. The van der Waals surface area contributed by atoms with E-state index in [4.69, 9.17) is 0 Å². The Morgan fingerprint density at radius 1 is 0.941 bits per heavy atom. The molecule has 82 valence electrons. The highest BCUT2D eigenvalue weighted by atomic mass is 15.1. The Morgan fingerprint density at radius 2 is 1.76 bits per heavy atom. The average Bonchev–Trinajstić information content (AvgIpc) is 2.90. The van der Waals surface area contributed by atoms with Crippen LogP contribution in [0.5, 0.6) is 0 Å². The molecule has 0 amide bonds. The van der Waals surface area contributed by atoms with Crippen molar-refractivity contribution in [3.05, 3.63) is 73.4 Å². The van der Waals surface area contributed by atoms with Gasteiger partial charge in [-0.1, -0.05) is 24.3 Å². The molecule has 3 nitrogen and oxygen atoms in total. The van der Waals surface area contributed by atoms with Crippen molar-refractivity contribution in [2.24, 2.45) is 0 Å². The minimum atomic E-state index is 0.919. The summed E-state index contributed by atoms with van der Waals surface area (Å²) in [5.41, 5.74) is 1.14. The molecule has 0 atom stereocenters. The van der Waals surface area contributed by atoms with Crippen LogP contribution in [-0.2, 0) is 0 Å². The van der Waals surface area contributed by atoms with Gasteiger partial charge in [0.2, 0.25) is 0 Å². The number of para-hydroxylation sites is 1. The van der Waals surface area contributed by atoms with Crippen molar-refractivity contribution in [3.8, 4) is 11.5 Å². The highest BCUT2D eigenvalue weighted by Crippen LogP contribution is 2.05. The number of nitrogens with zero attached hydrogens (tertiary/aromatic N) is 3. The van der Waals surface area contributed by atoms with E-state index in [1.165, 1.54) is 0 Å². The van der Waals surface area contributed by atoms with Crippen molar-refractivity contribution in [3.63, 3.8) is 0 Å². The maximum absolute atomic E-state index is 4.31. The minimum absolute atomic E-state index is 0.919. The smallest absolute Gasteiger partial charge is 0.236 e. The molecule has 3 aromatic rings. The second-order valence-electron chi connectivity index (χ2n) is 3.75. The molecule has 0 N–H and O–H groups in total. The van der Waals surface area contributed by atoms with Gasteiger partial charge in [-0.3, -0.25) is 0 Å². The number of pyridine rings is 1. The van der Waals surface area contributed by atoms with Gasteiger partial charge in [0.25, 0.3) is 5.82 Å². The number of rotatable bonds is 2. The number of benzene rings is 1. The van der Waals surface area contributed by atoms with Gasteiger partial charge in [0.05, 0.1) is 6.20 Å². The van der Waals surface area contributed by atoms with Gasteiger partial charge in [-0.25, -0.2) is 9.13 Å². The molecule has 1 aromatic carbocycles. The second-order valence-corrected chi connectivity index (χ2v) is 3.75. The van der Waals surface area contributed by atoms with E-state index < -0.39 is 0 Å². The molecule has 3 rings (SSSR count). The van der Waals surface area contributed by atoms with Gasteiger partial charge >= 0.3 is 0 Å². The zero-order valence-electron chi connectivity index (χ0n) is 9.27. The predicted octanol–water partition coefficient (Wildman–Crippen LogP) is 2.15. The van der Waals surface area contributed by atoms with Crippen LogP contribution >= 0.6 is 0 Å². The van der Waals surface area contributed by atoms with E-state index >= 15 is 0 Å². The normalized spacial score (nSPS) is 10.4. The second kappa shape index (κ2) is 4.22. The third-order valence-electron chi connectivity index (χ3n) is 2.60. The van der Waals surface area contributed by atoms with Crippen LogP contribution in [0.25, 0.3) is 11.5 Å². The van der Waals surface area contributed by atoms with E-state index in [9.17, 15) is 0 Å². The highest BCUT2D eigenvalue weighted by Gasteiger charge is 2.06. The molecule has 17 heavy (non-hydrogen) atoms. The fourth-order valence-corrected chi connectivity index (χ4v) is 1.75. The van der Waals surface area contributed by atoms with E-state index in [0.29, 0.717) is 0 Å². The van der Waals surface area contributed by atoms with Crippen LogP contribution < -0.4 is 4.57 Å². The van der Waals surface area contributed by atoms with Gasteiger partial charge in [-0.2, -0.15) is 0 Å². The van der Waals surface area contributed by atoms with Crippen LogP contribution in [0.1, 0.15) is 0 Å². The molecule has 0 unspecified atom stereocenters. The molecular formula is C14H12N3+. The number of hydrogen-bond donors (Lipinski definition) is 0. The third kappa shape index (κ3) is 1.95. The zero-order chi connectivity index (χ0) is 11.5. The van der Waals surface area contributed by atoms with Gasteiger partial charge < -0.3 is 0 Å². The third-order valence-corrected chi connectivity index (χ3v) is 2.60. The Morgan fingerprint density at radius 3 is 2.53 bits per heavy atom. The van der Waals surface area contributed by atoms with E-state index in [-0.39, 0.29) is 0 Å². The Balaban J connectivity index is 1.99. The Labute approximate surface area is 99.6 Å². The van der Waals surface area contributed by atoms with Gasteiger partial charge in [-0.15, -0.1) is 4.98 Å². The first-order valence-corrected chi connectivity index (χ1v) is 5.49. The lowest BCUT2D eigenvalue weighted by Crippen LogP contribution is -2.28. The molecular weight excluding hydrogens is 210 g/mol. The van der Waals surface area contributed by atoms with Crippen molar-refractivity contribution in [1.29, 1.82) is 0 Å². The summed E-state index contributed by atoms with van der Waals surface area (Å²) in [6.45, 7) is 0. The first-order valence-electron chi connectivity index (χ1n) is 5.49. The van der Waals surface area contributed by atoms with Gasteiger partial charge in [0.15, 0.2) is 6.33 Å². The first-order chi connectivity index (χ1) is 8.43. The molecule has 0 radical (unpaired) electrons. The van der Waals surface area contributed by atoms with Gasteiger partial charge in [0.1, 0.15) is 18.1 Å². The van der Waals surface area contributed by atoms with Crippen LogP contribution in [0, 0.1) is 0 Å². The zero-order valence-corrected chi connectivity index (χ0v) is 9.27. The fraction of sp³-hybridized carbons (Fsp3) is 0. The molecule has 0 saturated heterocycles. The van der Waals surface area contributed by atoms with Crippen LogP contribution in [0.2, 0.25) is 0 Å². The van der Waals surface area contributed by atoms with Crippen molar-refractivity contribution in [2.45, 2.75) is 0 Å². The summed E-state index contributed by atoms with van der Waals surface area (Å²) < 4.78 is 4.06. The summed E-state index contributed by atoms with van der Waals surface area (Å²) in [6.07, 6.45) is 7.82. The van der Waals surface area contributed by atoms with Crippen molar-refractivity contribution < 1.29 is 4.57 Å².